The number of hydrogen-bond acceptors (Lipinski definition) is 7. The third kappa shape index (κ3) is 4.72. The van der Waals surface area contributed by atoms with Crippen LogP contribution in [0.5, 0.6) is 0 Å². The van der Waals surface area contributed by atoms with Gasteiger partial charge in [0, 0.05) is 36.0 Å². The maximum Gasteiger partial charge on any atom is 0.345 e. The van der Waals surface area contributed by atoms with E-state index in [9.17, 15) is 14.4 Å². The highest BCUT2D eigenvalue weighted by Crippen LogP contribution is 2.49. The van der Waals surface area contributed by atoms with Gasteiger partial charge in [0.15, 0.2) is 0 Å². The van der Waals surface area contributed by atoms with Crippen LogP contribution >= 0.6 is 23.5 Å². The van der Waals surface area contributed by atoms with Crippen molar-refractivity contribution in [3.8, 4) is 12.0 Å². The van der Waals surface area contributed by atoms with Crippen molar-refractivity contribution in [2.45, 2.75) is 44.4 Å². The lowest BCUT2D eigenvalue weighted by molar-refractivity contribution is -0.133. The van der Waals surface area contributed by atoms with Crippen molar-refractivity contribution in [3.63, 3.8) is 0 Å². The van der Waals surface area contributed by atoms with Gasteiger partial charge in [-0.1, -0.05) is 41.6 Å². The number of anilines is 2. The van der Waals surface area contributed by atoms with E-state index in [1.54, 1.807) is 30.4 Å². The zero-order chi connectivity index (χ0) is 28.7. The van der Waals surface area contributed by atoms with Crippen LogP contribution in [0.3, 0.4) is 0 Å². The molecular formula is C31H30N4O3S2. The summed E-state index contributed by atoms with van der Waals surface area (Å²) in [5, 5.41) is 1.80. The average molecular weight is 571 g/mol. The van der Waals surface area contributed by atoms with Crippen LogP contribution in [0.1, 0.15) is 31.9 Å². The molecule has 0 N–H and O–H groups in total. The SMILES string of the molecule is CC#CN1C(=O)C(=C(C=C2Sc3ccc(C)cc3N2CC)C=C2Sc3ccc(C)cc3N2CC)C(=O)N(C)C1=O. The van der Waals surface area contributed by atoms with Crippen molar-refractivity contribution < 1.29 is 14.4 Å². The Balaban J connectivity index is 1.72. The Labute approximate surface area is 243 Å². The van der Waals surface area contributed by atoms with Crippen molar-refractivity contribution in [1.82, 2.24) is 9.80 Å². The molecule has 204 valence electrons. The topological polar surface area (TPSA) is 64.2 Å². The highest BCUT2D eigenvalue weighted by Gasteiger charge is 2.41. The van der Waals surface area contributed by atoms with Crippen LogP contribution in [0.25, 0.3) is 0 Å². The van der Waals surface area contributed by atoms with Crippen molar-refractivity contribution in [2.75, 3.05) is 29.9 Å². The molecule has 9 heteroatoms. The summed E-state index contributed by atoms with van der Waals surface area (Å²) in [5.74, 6) is 1.26. The summed E-state index contributed by atoms with van der Waals surface area (Å²) in [6.45, 7) is 11.2. The number of hydrogen-bond donors (Lipinski definition) is 0. The van der Waals surface area contributed by atoms with E-state index in [1.807, 2.05) is 12.2 Å². The van der Waals surface area contributed by atoms with Crippen LogP contribution in [-0.4, -0.2) is 47.8 Å². The summed E-state index contributed by atoms with van der Waals surface area (Å²) >= 11 is 3.19. The van der Waals surface area contributed by atoms with E-state index in [-0.39, 0.29) is 5.57 Å². The number of thioether (sulfide) groups is 2. The molecule has 0 aliphatic carbocycles. The van der Waals surface area contributed by atoms with Gasteiger partial charge in [0.1, 0.15) is 5.57 Å². The summed E-state index contributed by atoms with van der Waals surface area (Å²) in [4.78, 5) is 48.4. The molecule has 40 heavy (non-hydrogen) atoms. The number of allylic oxidation sites excluding steroid dienone is 3. The van der Waals surface area contributed by atoms with E-state index in [0.29, 0.717) is 18.7 Å². The fraction of sp³-hybridized carbons (Fsp3) is 0.258. The molecule has 3 aliphatic rings. The van der Waals surface area contributed by atoms with E-state index in [4.69, 9.17) is 0 Å². The molecule has 2 aromatic carbocycles. The number of carbonyl (C=O) groups is 3. The summed E-state index contributed by atoms with van der Waals surface area (Å²) in [6, 6.07) is 14.4. The van der Waals surface area contributed by atoms with Crippen molar-refractivity contribution in [2.24, 2.45) is 0 Å². The normalized spacial score (nSPS) is 18.6. The molecular weight excluding hydrogens is 541 g/mol. The molecule has 1 fully saturated rings. The number of imide groups is 2. The van der Waals surface area contributed by atoms with Gasteiger partial charge in [0.05, 0.1) is 21.4 Å². The second-order valence-electron chi connectivity index (χ2n) is 9.58. The Kier molecular flexibility index (Phi) is 7.58. The number of aryl methyl sites for hydroxylation is 2. The number of fused-ring (bicyclic) bond motifs is 2. The first kappa shape index (κ1) is 27.7. The van der Waals surface area contributed by atoms with Gasteiger partial charge in [0.25, 0.3) is 11.8 Å². The van der Waals surface area contributed by atoms with Gasteiger partial charge in [0.2, 0.25) is 0 Å². The first-order valence-electron chi connectivity index (χ1n) is 13.1. The highest BCUT2D eigenvalue weighted by atomic mass is 32.2. The zero-order valence-electron chi connectivity index (χ0n) is 23.4. The molecule has 0 atom stereocenters. The van der Waals surface area contributed by atoms with Crippen molar-refractivity contribution >= 4 is 52.7 Å². The summed E-state index contributed by atoms with van der Waals surface area (Å²) in [5.41, 5.74) is 4.85. The van der Waals surface area contributed by atoms with Crippen LogP contribution in [0.15, 0.2) is 79.5 Å². The second-order valence-corrected chi connectivity index (χ2v) is 11.7. The van der Waals surface area contributed by atoms with Gasteiger partial charge in [-0.2, -0.15) is 4.90 Å². The molecule has 5 rings (SSSR count). The van der Waals surface area contributed by atoms with Crippen LogP contribution in [0.4, 0.5) is 16.2 Å². The Morgan fingerprint density at radius 2 is 1.32 bits per heavy atom. The number of carbonyl (C=O) groups excluding carboxylic acids is 3. The van der Waals surface area contributed by atoms with E-state index in [2.05, 4.69) is 85.9 Å². The maximum atomic E-state index is 13.7. The van der Waals surface area contributed by atoms with Crippen LogP contribution in [0.2, 0.25) is 0 Å². The molecule has 4 amide bonds. The lowest BCUT2D eigenvalue weighted by atomic mass is 10.0. The lowest BCUT2D eigenvalue weighted by Crippen LogP contribution is -2.53. The Morgan fingerprint density at radius 3 is 1.77 bits per heavy atom. The molecule has 1 saturated heterocycles. The lowest BCUT2D eigenvalue weighted by Gasteiger charge is -2.29. The molecule has 0 unspecified atom stereocenters. The van der Waals surface area contributed by atoms with Crippen LogP contribution < -0.4 is 9.80 Å². The van der Waals surface area contributed by atoms with Gasteiger partial charge in [-0.25, -0.2) is 4.79 Å². The van der Waals surface area contributed by atoms with Gasteiger partial charge in [-0.05, 0) is 87.7 Å². The zero-order valence-corrected chi connectivity index (χ0v) is 25.0. The minimum absolute atomic E-state index is 0.0857. The number of likely N-dealkylation sites (N-methyl/N-ethyl adjacent to an activating group) is 1. The molecule has 7 nitrogen and oxygen atoms in total. The van der Waals surface area contributed by atoms with E-state index in [0.717, 1.165) is 52.2 Å². The summed E-state index contributed by atoms with van der Waals surface area (Å²) in [6.07, 6.45) is 3.79. The molecule has 0 radical (unpaired) electrons. The fourth-order valence-electron chi connectivity index (χ4n) is 4.89. The first-order chi connectivity index (χ1) is 19.2. The number of urea groups is 1. The summed E-state index contributed by atoms with van der Waals surface area (Å²) in [7, 11) is 1.38. The number of rotatable bonds is 4. The highest BCUT2D eigenvalue weighted by molar-refractivity contribution is 8.04. The molecule has 0 bridgehead atoms. The monoisotopic (exact) mass is 570 g/mol. The number of nitrogens with zero attached hydrogens (tertiary/aromatic N) is 4. The van der Waals surface area contributed by atoms with Gasteiger partial charge in [-0.3, -0.25) is 14.5 Å². The third-order valence-electron chi connectivity index (χ3n) is 6.89. The standard InChI is InChI=1S/C31H30N4O3S2/c1-7-14-35-30(37)28(29(36)32(6)31(35)38)21(17-26-33(8-2)22-15-19(4)10-12-24(22)39-26)18-27-34(9-3)23-16-20(5)11-13-25(23)40-27/h10-13,15-18H,8-9H2,1-6H3. The van der Waals surface area contributed by atoms with E-state index >= 15 is 0 Å². The minimum atomic E-state index is -0.755. The van der Waals surface area contributed by atoms with E-state index < -0.39 is 17.8 Å². The molecule has 2 aromatic rings. The molecule has 3 heterocycles. The Bertz CT molecular complexity index is 1530. The third-order valence-corrected chi connectivity index (χ3v) is 9.11. The predicted molar refractivity (Wildman–Crippen MR) is 162 cm³/mol. The smallest absolute Gasteiger partial charge is 0.335 e. The quantitative estimate of drug-likeness (QED) is 0.245. The Hall–Kier alpha value is -3.87. The van der Waals surface area contributed by atoms with Gasteiger partial charge in [-0.15, -0.1) is 0 Å². The largest absolute Gasteiger partial charge is 0.345 e. The van der Waals surface area contributed by atoms with Gasteiger partial charge >= 0.3 is 6.03 Å². The molecule has 0 spiro atoms. The molecule has 3 aliphatic heterocycles. The summed E-state index contributed by atoms with van der Waals surface area (Å²) < 4.78 is 0. The Morgan fingerprint density at radius 1 is 0.825 bits per heavy atom. The van der Waals surface area contributed by atoms with Crippen LogP contribution in [0, 0.1) is 25.8 Å². The fourth-order valence-corrected chi connectivity index (χ4v) is 7.21. The van der Waals surface area contributed by atoms with E-state index in [1.165, 1.54) is 7.05 Å². The maximum absolute atomic E-state index is 13.7. The number of barbiturate groups is 1. The van der Waals surface area contributed by atoms with Gasteiger partial charge < -0.3 is 9.80 Å². The second kappa shape index (κ2) is 11.0. The van der Waals surface area contributed by atoms with Crippen LogP contribution in [-0.2, 0) is 9.59 Å². The average Bonchev–Trinajstić information content (AvgIpc) is 3.45. The molecule has 0 aromatic heterocycles. The van der Waals surface area contributed by atoms with Crippen molar-refractivity contribution in [1.29, 1.82) is 0 Å². The predicted octanol–water partition coefficient (Wildman–Crippen LogP) is 6.25. The van der Waals surface area contributed by atoms with Crippen molar-refractivity contribution in [3.05, 3.63) is 80.9 Å². The minimum Gasteiger partial charge on any atom is -0.335 e. The first-order valence-corrected chi connectivity index (χ1v) is 14.7. The molecule has 0 saturated carbocycles. The number of benzene rings is 2. The number of amides is 4.